The molecule has 0 aromatic heterocycles. The topological polar surface area (TPSA) is 78.6 Å². The van der Waals surface area contributed by atoms with E-state index >= 15 is 0 Å². The van der Waals surface area contributed by atoms with E-state index in [4.69, 9.17) is 5.73 Å². The van der Waals surface area contributed by atoms with E-state index < -0.39 is 5.60 Å². The molecule has 0 spiro atoms. The first-order valence-electron chi connectivity index (χ1n) is 7.14. The maximum atomic E-state index is 12.1. The summed E-state index contributed by atoms with van der Waals surface area (Å²) in [6, 6.07) is 5.26. The summed E-state index contributed by atoms with van der Waals surface area (Å²) in [7, 11) is 1.86. The number of anilines is 2. The first-order chi connectivity index (χ1) is 9.88. The number of nitrogen functional groups attached to an aromatic ring is 1. The van der Waals surface area contributed by atoms with Crippen LogP contribution in [0.2, 0.25) is 0 Å². The molecular formula is C15H22BrN3O2. The van der Waals surface area contributed by atoms with Gasteiger partial charge in [-0.3, -0.25) is 9.69 Å². The van der Waals surface area contributed by atoms with Gasteiger partial charge in [0.2, 0.25) is 5.91 Å². The predicted octanol–water partition coefficient (Wildman–Crippen LogP) is 2.21. The number of aliphatic hydroxyl groups is 1. The smallest absolute Gasteiger partial charge is 0.238 e. The largest absolute Gasteiger partial charge is 0.399 e. The van der Waals surface area contributed by atoms with E-state index in [9.17, 15) is 9.90 Å². The Morgan fingerprint density at radius 2 is 2.14 bits per heavy atom. The zero-order valence-corrected chi connectivity index (χ0v) is 13.8. The molecule has 116 valence electrons. The SMILES string of the molecule is CN(CC(=O)Nc1ccc(N)cc1Br)CC1(O)CCCC1. The second kappa shape index (κ2) is 6.77. The van der Waals surface area contributed by atoms with Crippen LogP contribution in [0.25, 0.3) is 0 Å². The van der Waals surface area contributed by atoms with Crippen molar-refractivity contribution in [3.63, 3.8) is 0 Å². The Morgan fingerprint density at radius 1 is 1.48 bits per heavy atom. The molecule has 21 heavy (non-hydrogen) atoms. The lowest BCUT2D eigenvalue weighted by Gasteiger charge is -2.28. The average molecular weight is 356 g/mol. The van der Waals surface area contributed by atoms with E-state index in [0.717, 1.165) is 30.2 Å². The molecule has 0 radical (unpaired) electrons. The van der Waals surface area contributed by atoms with Gasteiger partial charge in [0.25, 0.3) is 0 Å². The maximum Gasteiger partial charge on any atom is 0.238 e. The molecule has 1 aliphatic carbocycles. The molecule has 0 saturated heterocycles. The fourth-order valence-corrected chi connectivity index (χ4v) is 3.31. The van der Waals surface area contributed by atoms with Gasteiger partial charge in [0.15, 0.2) is 0 Å². The fraction of sp³-hybridized carbons (Fsp3) is 0.533. The minimum absolute atomic E-state index is 0.107. The second-order valence-electron chi connectivity index (χ2n) is 5.89. The van der Waals surface area contributed by atoms with Crippen molar-refractivity contribution >= 4 is 33.2 Å². The molecule has 0 atom stereocenters. The molecule has 1 aromatic rings. The van der Waals surface area contributed by atoms with E-state index in [1.54, 1.807) is 18.2 Å². The van der Waals surface area contributed by atoms with Crippen molar-refractivity contribution in [1.29, 1.82) is 0 Å². The van der Waals surface area contributed by atoms with Crippen LogP contribution in [0.5, 0.6) is 0 Å². The number of halogens is 1. The lowest BCUT2D eigenvalue weighted by Crippen LogP contribution is -2.42. The zero-order chi connectivity index (χ0) is 15.5. The van der Waals surface area contributed by atoms with E-state index in [1.165, 1.54) is 0 Å². The quantitative estimate of drug-likeness (QED) is 0.707. The third kappa shape index (κ3) is 4.69. The minimum Gasteiger partial charge on any atom is -0.399 e. The van der Waals surface area contributed by atoms with Gasteiger partial charge in [0.05, 0.1) is 17.8 Å². The van der Waals surface area contributed by atoms with Crippen LogP contribution in [0.15, 0.2) is 22.7 Å². The van der Waals surface area contributed by atoms with Crippen molar-refractivity contribution in [2.45, 2.75) is 31.3 Å². The average Bonchev–Trinajstić information content (AvgIpc) is 2.78. The summed E-state index contributed by atoms with van der Waals surface area (Å²) in [5.74, 6) is -0.107. The van der Waals surface area contributed by atoms with Gasteiger partial charge in [-0.05, 0) is 54.0 Å². The van der Waals surface area contributed by atoms with Crippen LogP contribution < -0.4 is 11.1 Å². The highest BCUT2D eigenvalue weighted by molar-refractivity contribution is 9.10. The molecule has 4 N–H and O–H groups in total. The van der Waals surface area contributed by atoms with Crippen LogP contribution >= 0.6 is 15.9 Å². The summed E-state index contributed by atoms with van der Waals surface area (Å²) >= 11 is 3.37. The van der Waals surface area contributed by atoms with Gasteiger partial charge in [-0.2, -0.15) is 0 Å². The van der Waals surface area contributed by atoms with Crippen LogP contribution in [-0.2, 0) is 4.79 Å². The molecule has 1 aliphatic rings. The number of nitrogens with zero attached hydrogens (tertiary/aromatic N) is 1. The molecule has 6 heteroatoms. The normalized spacial score (nSPS) is 17.1. The number of rotatable bonds is 5. The van der Waals surface area contributed by atoms with Crippen LogP contribution in [-0.4, -0.2) is 41.7 Å². The van der Waals surface area contributed by atoms with Crippen molar-refractivity contribution in [1.82, 2.24) is 4.90 Å². The fourth-order valence-electron chi connectivity index (χ4n) is 2.82. The predicted molar refractivity (Wildman–Crippen MR) is 88.1 cm³/mol. The second-order valence-corrected chi connectivity index (χ2v) is 6.75. The van der Waals surface area contributed by atoms with Crippen molar-refractivity contribution in [3.05, 3.63) is 22.7 Å². The third-order valence-electron chi connectivity index (χ3n) is 3.78. The molecule has 0 unspecified atom stereocenters. The number of amides is 1. The highest BCUT2D eigenvalue weighted by atomic mass is 79.9. The summed E-state index contributed by atoms with van der Waals surface area (Å²) in [6.07, 6.45) is 3.77. The van der Waals surface area contributed by atoms with Gasteiger partial charge >= 0.3 is 0 Å². The number of likely N-dealkylation sites (N-methyl/N-ethyl adjacent to an activating group) is 1. The standard InChI is InChI=1S/C15H22BrN3O2/c1-19(10-15(21)6-2-3-7-15)9-14(20)18-13-5-4-11(17)8-12(13)16/h4-5,8,21H,2-3,6-7,9-10,17H2,1H3,(H,18,20). The van der Waals surface area contributed by atoms with Crippen LogP contribution in [0.4, 0.5) is 11.4 Å². The highest BCUT2D eigenvalue weighted by Gasteiger charge is 2.32. The summed E-state index contributed by atoms with van der Waals surface area (Å²) in [6.45, 7) is 0.780. The van der Waals surface area contributed by atoms with Gasteiger partial charge in [-0.1, -0.05) is 12.8 Å². The van der Waals surface area contributed by atoms with Crippen LogP contribution in [0.1, 0.15) is 25.7 Å². The van der Waals surface area contributed by atoms with E-state index in [2.05, 4.69) is 21.2 Å². The monoisotopic (exact) mass is 355 g/mol. The van der Waals surface area contributed by atoms with Gasteiger partial charge in [0.1, 0.15) is 0 Å². The third-order valence-corrected chi connectivity index (χ3v) is 4.44. The van der Waals surface area contributed by atoms with E-state index in [-0.39, 0.29) is 12.5 Å². The minimum atomic E-state index is -0.628. The first kappa shape index (κ1) is 16.3. The van der Waals surface area contributed by atoms with Crippen LogP contribution in [0.3, 0.4) is 0 Å². The molecule has 0 bridgehead atoms. The molecular weight excluding hydrogens is 334 g/mol. The number of hydrogen-bond donors (Lipinski definition) is 3. The molecule has 2 rings (SSSR count). The number of nitrogens with one attached hydrogen (secondary N) is 1. The molecule has 1 aromatic carbocycles. The van der Waals surface area contributed by atoms with E-state index in [0.29, 0.717) is 17.9 Å². The Kier molecular flexibility index (Phi) is 5.24. The summed E-state index contributed by atoms with van der Waals surface area (Å²) in [5, 5.41) is 13.2. The molecule has 1 saturated carbocycles. The Balaban J connectivity index is 1.86. The summed E-state index contributed by atoms with van der Waals surface area (Å²) in [5.41, 5.74) is 6.37. The van der Waals surface area contributed by atoms with Crippen molar-refractivity contribution in [2.75, 3.05) is 31.2 Å². The maximum absolute atomic E-state index is 12.1. The Labute approximate surface area is 133 Å². The number of carbonyl (C=O) groups is 1. The first-order valence-corrected chi connectivity index (χ1v) is 7.93. The number of nitrogens with two attached hydrogens (primary N) is 1. The number of carbonyl (C=O) groups excluding carboxylic acids is 1. The van der Waals surface area contributed by atoms with Gasteiger partial charge in [0, 0.05) is 16.7 Å². The van der Waals surface area contributed by atoms with Crippen molar-refractivity contribution in [2.24, 2.45) is 0 Å². The van der Waals surface area contributed by atoms with Gasteiger partial charge < -0.3 is 16.2 Å². The highest BCUT2D eigenvalue weighted by Crippen LogP contribution is 2.30. The summed E-state index contributed by atoms with van der Waals surface area (Å²) < 4.78 is 0.757. The summed E-state index contributed by atoms with van der Waals surface area (Å²) in [4.78, 5) is 13.9. The molecule has 0 aliphatic heterocycles. The lowest BCUT2D eigenvalue weighted by molar-refractivity contribution is -0.117. The Morgan fingerprint density at radius 3 is 2.76 bits per heavy atom. The van der Waals surface area contributed by atoms with Gasteiger partial charge in [-0.25, -0.2) is 0 Å². The lowest BCUT2D eigenvalue weighted by atomic mass is 10.0. The van der Waals surface area contributed by atoms with E-state index in [1.807, 2.05) is 11.9 Å². The molecule has 5 nitrogen and oxygen atoms in total. The zero-order valence-electron chi connectivity index (χ0n) is 12.2. The Bertz CT molecular complexity index is 516. The number of hydrogen-bond acceptors (Lipinski definition) is 4. The van der Waals surface area contributed by atoms with Crippen molar-refractivity contribution in [3.8, 4) is 0 Å². The van der Waals surface area contributed by atoms with Gasteiger partial charge in [-0.15, -0.1) is 0 Å². The molecule has 0 heterocycles. The Hall–Kier alpha value is -1.11. The molecule has 1 amide bonds. The van der Waals surface area contributed by atoms with Crippen molar-refractivity contribution < 1.29 is 9.90 Å². The van der Waals surface area contributed by atoms with Crippen LogP contribution in [0, 0.1) is 0 Å². The molecule has 1 fully saturated rings. The number of benzene rings is 1.